The Bertz CT molecular complexity index is 4350. The Balaban J connectivity index is 1.18. The van der Waals surface area contributed by atoms with E-state index in [1.54, 1.807) is 0 Å². The number of aromatic hydroxyl groups is 3. The van der Waals surface area contributed by atoms with Crippen LogP contribution in [-0.2, 0) is 62.0 Å². The lowest BCUT2D eigenvalue weighted by Gasteiger charge is -2.47. The van der Waals surface area contributed by atoms with E-state index >= 15 is 19.2 Å². The third-order valence-electron chi connectivity index (χ3n) is 20.1. The van der Waals surface area contributed by atoms with Gasteiger partial charge in [0, 0.05) is 46.7 Å². The van der Waals surface area contributed by atoms with Crippen LogP contribution in [-0.4, -0.2) is 215 Å². The van der Waals surface area contributed by atoms with Crippen molar-refractivity contribution < 1.29 is 127 Å². The molecule has 23 N–H and O–H groups in total. The summed E-state index contributed by atoms with van der Waals surface area (Å²) in [6.45, 7) is 8.66. The van der Waals surface area contributed by atoms with E-state index in [-0.39, 0.29) is 58.4 Å². The molecule has 5 aromatic carbocycles. The molecule has 110 heavy (non-hydrogen) atoms. The zero-order chi connectivity index (χ0) is 80.0. The molecule has 3 saturated heterocycles. The molecule has 37 heteroatoms. The van der Waals surface area contributed by atoms with Gasteiger partial charge in [-0.15, -0.1) is 0 Å². The van der Waals surface area contributed by atoms with Gasteiger partial charge in [-0.25, -0.2) is 4.79 Å². The van der Waals surface area contributed by atoms with Crippen molar-refractivity contribution in [2.24, 2.45) is 23.1 Å². The summed E-state index contributed by atoms with van der Waals surface area (Å²) in [5.74, 6) is -15.5. The number of aliphatic carboxylic acids is 1. The number of carboxylic acids is 1. The molecule has 594 valence electrons. The van der Waals surface area contributed by atoms with Gasteiger partial charge < -0.3 is 143 Å². The first-order valence-corrected chi connectivity index (χ1v) is 35.6. The lowest BCUT2D eigenvalue weighted by atomic mass is 9.86. The molecule has 8 aliphatic rings. The Labute approximate surface area is 633 Å². The molecule has 0 radical (unpaired) electrons. The highest BCUT2D eigenvalue weighted by Gasteiger charge is 2.52. The number of carboxylic acid groups (broad SMARTS) is 1. The normalized spacial score (nSPS) is 32.2. The number of carbonyl (C=O) groups excluding carboxylic acids is 7. The number of carbonyl (C=O) groups is 8. The van der Waals surface area contributed by atoms with Crippen LogP contribution in [0, 0.1) is 5.92 Å². The van der Waals surface area contributed by atoms with Crippen LogP contribution in [0.5, 0.6) is 46.0 Å². The van der Waals surface area contributed by atoms with Gasteiger partial charge in [-0.1, -0.05) is 49.7 Å². The number of fused-ring (bicyclic) bond motifs is 15. The lowest BCUT2D eigenvalue weighted by molar-refractivity contribution is -0.333. The first-order valence-electron chi connectivity index (χ1n) is 35.2. The predicted octanol–water partition coefficient (Wildman–Crippen LogP) is -0.310. The number of amides is 7. The van der Waals surface area contributed by atoms with Gasteiger partial charge in [-0.3, -0.25) is 33.6 Å². The van der Waals surface area contributed by atoms with E-state index in [1.807, 2.05) is 13.8 Å². The number of benzene rings is 5. The first kappa shape index (κ1) is 81.4. The number of primary amides is 1. The van der Waals surface area contributed by atoms with Crippen LogP contribution in [0.2, 0.25) is 5.02 Å². The third kappa shape index (κ3) is 17.3. The van der Waals surface area contributed by atoms with Crippen LogP contribution >= 0.6 is 11.6 Å². The molecule has 0 aliphatic carbocycles. The summed E-state index contributed by atoms with van der Waals surface area (Å²) in [7, 11) is 1.48. The number of likely N-dealkylation sites (N-methyl/N-ethyl adjacent to an activating group) is 1. The number of ether oxygens (including phenoxy) is 8. The van der Waals surface area contributed by atoms with Crippen LogP contribution in [0.4, 0.5) is 0 Å². The average Bonchev–Trinajstić information content (AvgIpc) is 0.765. The molecule has 11 bridgehead atoms. The van der Waals surface area contributed by atoms with E-state index < -0.39 is 250 Å². The minimum Gasteiger partial charge on any atom is -0.508 e. The standard InChI is InChI=1S/C73H89ClN10O26/c1-27(2)16-39(78-7)64(95)83-54-56(90)32-11-15-43(38(74)18-32)106-45-20-33-19-44(60(45)110-71-61(58(92)57(91)46(26-85)107-71)109-49-25-73(6,77)63(94)29(4)104-49)105-35-12-8-30(9-13-35)59(108-48-24-72(5,76)62(93)28(3)103-48)55-69(100)82-53(70(101)102)37-21-34(86)22-42(88)50(37)36-17-31(10-14-41(36)87)51(66(97)84-55)81-67(98)52(33)80-65(96)40(23-47(75)89)79-68(54)99/h8-15,17-22,27-29,39-40,46,48-49,51-59,61-63,71,78,85-88,90-94H,16,23-26,76-77H2,1-7H3,(H2,75,89)(H,79,99)(H,80,96)(H,81,98)(H,82,100)(H,83,95)(H,84,97)(H,101,102)/t28?,29?,39-,40+,46?,48?,49?,51-,52-,53+,54-,55-,56-,57?,58?,59-,61?,62?,63?,71?,72?,73?/m1/s1. The summed E-state index contributed by atoms with van der Waals surface area (Å²) in [6, 6.07) is 1.51. The maximum atomic E-state index is 16.3. The number of rotatable bonds is 15. The monoisotopic (exact) mass is 1560 g/mol. The number of nitrogens with two attached hydrogens (primary N) is 3. The first-order chi connectivity index (χ1) is 51.8. The van der Waals surface area contributed by atoms with Crippen molar-refractivity contribution >= 4 is 58.9 Å². The van der Waals surface area contributed by atoms with Crippen LogP contribution in [0.25, 0.3) is 11.1 Å². The largest absolute Gasteiger partial charge is 0.508 e. The van der Waals surface area contributed by atoms with E-state index in [0.717, 1.165) is 48.5 Å². The lowest BCUT2D eigenvalue weighted by Crippen LogP contribution is -2.64. The molecule has 0 saturated carbocycles. The smallest absolute Gasteiger partial charge is 0.330 e. The second kappa shape index (κ2) is 32.8. The van der Waals surface area contributed by atoms with Gasteiger partial charge in [-0.05, 0) is 124 Å². The quantitative estimate of drug-likeness (QED) is 0.0639. The average molecular weight is 1560 g/mol. The van der Waals surface area contributed by atoms with Crippen molar-refractivity contribution in [2.45, 2.75) is 201 Å². The molecule has 13 unspecified atom stereocenters. The maximum Gasteiger partial charge on any atom is 0.330 e. The molecule has 0 aromatic heterocycles. The summed E-state index contributed by atoms with van der Waals surface area (Å²) in [6.07, 6.45) is -22.4. The molecular formula is C73H89ClN10O26. The van der Waals surface area contributed by atoms with Gasteiger partial charge in [0.05, 0.1) is 48.5 Å². The summed E-state index contributed by atoms with van der Waals surface area (Å²) in [5, 5.41) is 132. The van der Waals surface area contributed by atoms with Gasteiger partial charge in [0.1, 0.15) is 89.5 Å². The second-order valence-corrected chi connectivity index (χ2v) is 29.5. The molecule has 36 nitrogen and oxygen atoms in total. The Morgan fingerprint density at radius 3 is 1.87 bits per heavy atom. The molecule has 13 rings (SSSR count). The summed E-state index contributed by atoms with van der Waals surface area (Å²) < 4.78 is 51.7. The molecular weight excluding hydrogens is 1470 g/mol. The van der Waals surface area contributed by atoms with Crippen molar-refractivity contribution in [1.29, 1.82) is 0 Å². The number of phenolic OH excluding ortho intramolecular Hbond substituents is 3. The van der Waals surface area contributed by atoms with E-state index in [0.29, 0.717) is 0 Å². The Hall–Kier alpha value is -9.61. The van der Waals surface area contributed by atoms with E-state index in [4.69, 9.17) is 66.7 Å². The zero-order valence-corrected chi connectivity index (χ0v) is 61.1. The predicted molar refractivity (Wildman–Crippen MR) is 381 cm³/mol. The minimum absolute atomic E-state index is 0.0420. The van der Waals surface area contributed by atoms with Gasteiger partial charge in [0.15, 0.2) is 36.2 Å². The highest BCUT2D eigenvalue weighted by Crippen LogP contribution is 2.50. The SMILES string of the molecule is CN[C@H](CC(C)C)C(=O)N[C@H]1C(=O)N[C@@H](CC(N)=O)C(=O)N[C@H]2C(=O)N[C@H]3C(=O)N[C@@H](C(=O)N[C@H](C(=O)O)c4cc(O)cc(O)c4-c4cc3ccc4O)[C@H](OC3CC(C)(N)C(O)C(C)O3)c3ccc(cc3)Oc3cc2cc(c3OC2OC(CO)C(O)C(O)C2OC2CC(C)(N)C(O)C(C)O2)Oc2ccc(cc2Cl)[C@H]1O. The fourth-order valence-corrected chi connectivity index (χ4v) is 14.4. The second-order valence-electron chi connectivity index (χ2n) is 29.1. The van der Waals surface area contributed by atoms with Gasteiger partial charge in [0.25, 0.3) is 0 Å². The summed E-state index contributed by atoms with van der Waals surface area (Å²) in [5.41, 5.74) is 13.6. The Morgan fingerprint density at radius 1 is 0.673 bits per heavy atom. The van der Waals surface area contributed by atoms with Gasteiger partial charge in [-0.2, -0.15) is 0 Å². The van der Waals surface area contributed by atoms with Crippen molar-refractivity contribution in [3.63, 3.8) is 0 Å². The molecule has 5 aromatic rings. The maximum absolute atomic E-state index is 16.3. The van der Waals surface area contributed by atoms with Crippen molar-refractivity contribution in [1.82, 2.24) is 37.2 Å². The Kier molecular flexibility index (Phi) is 24.2. The number of phenols is 3. The number of hydrogen-bond acceptors (Lipinski definition) is 28. The number of nitrogens with one attached hydrogen (secondary N) is 7. The minimum atomic E-state index is -2.34. The van der Waals surface area contributed by atoms with Gasteiger partial charge >= 0.3 is 5.97 Å². The van der Waals surface area contributed by atoms with Crippen LogP contribution < -0.4 is 68.6 Å². The molecule has 0 spiro atoms. The fourth-order valence-electron chi connectivity index (χ4n) is 14.2. The number of aliphatic hydroxyl groups excluding tert-OH is 6. The van der Waals surface area contributed by atoms with Crippen LogP contribution in [0.3, 0.4) is 0 Å². The highest BCUT2D eigenvalue weighted by molar-refractivity contribution is 6.32. The van der Waals surface area contributed by atoms with E-state index in [1.165, 1.54) is 71.1 Å². The van der Waals surface area contributed by atoms with Gasteiger partial charge in [0.2, 0.25) is 53.4 Å². The number of hydrogen-bond donors (Lipinski definition) is 20. The number of aliphatic hydroxyl groups is 6. The molecule has 8 heterocycles. The topological polar surface area (TPSA) is 575 Å². The van der Waals surface area contributed by atoms with E-state index in [2.05, 4.69) is 37.2 Å². The highest BCUT2D eigenvalue weighted by atomic mass is 35.5. The number of halogens is 1. The van der Waals surface area contributed by atoms with Crippen molar-refractivity contribution in [2.75, 3.05) is 13.7 Å². The zero-order valence-electron chi connectivity index (χ0n) is 60.4. The third-order valence-corrected chi connectivity index (χ3v) is 20.4. The molecule has 22 atom stereocenters. The fraction of sp³-hybridized carbons (Fsp3) is 0.479. The molecule has 3 fully saturated rings. The van der Waals surface area contributed by atoms with Crippen molar-refractivity contribution in [3.8, 4) is 57.1 Å². The van der Waals surface area contributed by atoms with Crippen LogP contribution in [0.1, 0.15) is 125 Å². The molecule has 7 amide bonds. The van der Waals surface area contributed by atoms with Crippen molar-refractivity contribution in [3.05, 3.63) is 118 Å². The summed E-state index contributed by atoms with van der Waals surface area (Å²) >= 11 is 7.13. The Morgan fingerprint density at radius 2 is 1.27 bits per heavy atom. The summed E-state index contributed by atoms with van der Waals surface area (Å²) in [4.78, 5) is 120. The van der Waals surface area contributed by atoms with Crippen LogP contribution in [0.15, 0.2) is 84.9 Å². The van der Waals surface area contributed by atoms with E-state index in [9.17, 15) is 70.2 Å². The molecule has 8 aliphatic heterocycles.